The number of carbonyl (C=O) groups is 1. The molecule has 0 N–H and O–H groups in total. The van der Waals surface area contributed by atoms with Crippen molar-refractivity contribution < 1.29 is 27.4 Å². The monoisotopic (exact) mass is 420 g/mol. The first-order valence-corrected chi connectivity index (χ1v) is 10.2. The lowest BCUT2D eigenvalue weighted by Crippen LogP contribution is -2.37. The van der Waals surface area contributed by atoms with Crippen molar-refractivity contribution in [1.82, 2.24) is 0 Å². The molecule has 0 amide bonds. The third-order valence-corrected chi connectivity index (χ3v) is 5.16. The van der Waals surface area contributed by atoms with Crippen LogP contribution < -0.4 is 0 Å². The lowest BCUT2D eigenvalue weighted by molar-refractivity contribution is -0.224. The number of carbonyl (C=O) groups excluding carboxylic acids is 1. The smallest absolute Gasteiger partial charge is 0.352 e. The molecule has 2 aromatic carbocycles. The SMILES string of the molecule is CC1(C)COC(CCCCC(=O)c2ccccc2-c2ccc(C(F)(F)F)cc2)OC1. The molecular weight excluding hydrogens is 393 g/mol. The highest BCUT2D eigenvalue weighted by Crippen LogP contribution is 2.32. The van der Waals surface area contributed by atoms with Crippen LogP contribution in [0.2, 0.25) is 0 Å². The maximum Gasteiger partial charge on any atom is 0.416 e. The minimum absolute atomic E-state index is 0.0166. The summed E-state index contributed by atoms with van der Waals surface area (Å²) in [4.78, 5) is 12.8. The largest absolute Gasteiger partial charge is 0.416 e. The van der Waals surface area contributed by atoms with Crippen LogP contribution in [0.15, 0.2) is 48.5 Å². The van der Waals surface area contributed by atoms with Gasteiger partial charge in [0.05, 0.1) is 18.8 Å². The van der Waals surface area contributed by atoms with Crippen molar-refractivity contribution >= 4 is 5.78 Å². The second-order valence-corrected chi connectivity index (χ2v) is 8.51. The molecule has 0 aliphatic carbocycles. The van der Waals surface area contributed by atoms with Gasteiger partial charge in [-0.3, -0.25) is 4.79 Å². The van der Waals surface area contributed by atoms with Crippen LogP contribution in [-0.2, 0) is 15.7 Å². The fourth-order valence-electron chi connectivity index (χ4n) is 3.44. The van der Waals surface area contributed by atoms with Crippen LogP contribution in [0.3, 0.4) is 0 Å². The minimum Gasteiger partial charge on any atom is -0.352 e. The van der Waals surface area contributed by atoms with E-state index in [9.17, 15) is 18.0 Å². The molecule has 162 valence electrons. The number of alkyl halides is 3. The van der Waals surface area contributed by atoms with Crippen LogP contribution in [0, 0.1) is 5.41 Å². The summed E-state index contributed by atoms with van der Waals surface area (Å²) < 4.78 is 49.8. The van der Waals surface area contributed by atoms with Crippen molar-refractivity contribution in [3.05, 3.63) is 59.7 Å². The molecule has 0 bridgehead atoms. The molecule has 3 nitrogen and oxygen atoms in total. The second-order valence-electron chi connectivity index (χ2n) is 8.51. The highest BCUT2D eigenvalue weighted by atomic mass is 19.4. The zero-order valence-corrected chi connectivity index (χ0v) is 17.3. The molecule has 1 aliphatic heterocycles. The van der Waals surface area contributed by atoms with Crippen molar-refractivity contribution in [3.8, 4) is 11.1 Å². The third-order valence-electron chi connectivity index (χ3n) is 5.16. The van der Waals surface area contributed by atoms with Crippen LogP contribution in [0.25, 0.3) is 11.1 Å². The molecular formula is C24H27F3O3. The van der Waals surface area contributed by atoms with E-state index >= 15 is 0 Å². The zero-order chi connectivity index (χ0) is 21.8. The van der Waals surface area contributed by atoms with E-state index in [1.807, 2.05) is 0 Å². The molecule has 0 aromatic heterocycles. The van der Waals surface area contributed by atoms with Gasteiger partial charge in [-0.1, -0.05) is 50.2 Å². The standard InChI is InChI=1S/C24H27F3O3/c1-23(2)15-29-22(30-16-23)10-6-5-9-21(28)20-8-4-3-7-19(20)17-11-13-18(14-12-17)24(25,26)27/h3-4,7-8,11-14,22H,5-6,9-10,15-16H2,1-2H3. The van der Waals surface area contributed by atoms with Crippen molar-refractivity contribution in [2.24, 2.45) is 5.41 Å². The Kier molecular flexibility index (Phi) is 6.98. The van der Waals surface area contributed by atoms with E-state index < -0.39 is 11.7 Å². The zero-order valence-electron chi connectivity index (χ0n) is 17.3. The van der Waals surface area contributed by atoms with Gasteiger partial charge in [0.25, 0.3) is 0 Å². The topological polar surface area (TPSA) is 35.5 Å². The van der Waals surface area contributed by atoms with Crippen molar-refractivity contribution in [1.29, 1.82) is 0 Å². The predicted octanol–water partition coefficient (Wildman–Crippen LogP) is 6.51. The Morgan fingerprint density at radius 3 is 2.27 bits per heavy atom. The fourth-order valence-corrected chi connectivity index (χ4v) is 3.44. The molecule has 0 atom stereocenters. The number of rotatable bonds is 7. The number of ketones is 1. The van der Waals surface area contributed by atoms with Gasteiger partial charge in [-0.15, -0.1) is 0 Å². The number of halogens is 3. The van der Waals surface area contributed by atoms with Gasteiger partial charge < -0.3 is 9.47 Å². The number of ether oxygens (including phenoxy) is 2. The lowest BCUT2D eigenvalue weighted by atomic mass is 9.94. The van der Waals surface area contributed by atoms with Crippen LogP contribution in [0.1, 0.15) is 55.5 Å². The third kappa shape index (κ3) is 5.92. The van der Waals surface area contributed by atoms with Gasteiger partial charge in [-0.05, 0) is 42.5 Å². The first-order valence-electron chi connectivity index (χ1n) is 10.2. The molecule has 30 heavy (non-hydrogen) atoms. The molecule has 0 radical (unpaired) electrons. The summed E-state index contributed by atoms with van der Waals surface area (Å²) in [5.41, 5.74) is 1.11. The molecule has 1 heterocycles. The maximum atomic E-state index is 12.8. The molecule has 1 aliphatic rings. The van der Waals surface area contributed by atoms with Crippen LogP contribution in [0.5, 0.6) is 0 Å². The molecule has 0 spiro atoms. The van der Waals surface area contributed by atoms with E-state index in [4.69, 9.17) is 9.47 Å². The van der Waals surface area contributed by atoms with Gasteiger partial charge in [0.1, 0.15) is 0 Å². The number of hydrogen-bond donors (Lipinski definition) is 0. The Balaban J connectivity index is 1.57. The summed E-state index contributed by atoms with van der Waals surface area (Å²) in [6.07, 6.45) is -1.98. The van der Waals surface area contributed by atoms with Gasteiger partial charge >= 0.3 is 6.18 Å². The van der Waals surface area contributed by atoms with Crippen LogP contribution in [0.4, 0.5) is 13.2 Å². The summed E-state index contributed by atoms with van der Waals surface area (Å²) in [6, 6.07) is 12.0. The van der Waals surface area contributed by atoms with Gasteiger partial charge in [0, 0.05) is 17.4 Å². The summed E-state index contributed by atoms with van der Waals surface area (Å²) in [5.74, 6) is -0.0166. The summed E-state index contributed by atoms with van der Waals surface area (Å²) >= 11 is 0. The highest BCUT2D eigenvalue weighted by molar-refractivity contribution is 6.02. The number of Topliss-reactive ketones (excluding diaryl/α,β-unsaturated/α-hetero) is 1. The molecule has 2 aromatic rings. The average molecular weight is 420 g/mol. The van der Waals surface area contributed by atoms with E-state index in [0.717, 1.165) is 25.0 Å². The normalized spacial score (nSPS) is 17.1. The van der Waals surface area contributed by atoms with Crippen LogP contribution in [-0.4, -0.2) is 25.3 Å². The van der Waals surface area contributed by atoms with Crippen molar-refractivity contribution in [3.63, 3.8) is 0 Å². The molecule has 0 unspecified atom stereocenters. The Hall–Kier alpha value is -2.18. The Labute approximate surface area is 175 Å². The second kappa shape index (κ2) is 9.31. The van der Waals surface area contributed by atoms with Gasteiger partial charge in [-0.2, -0.15) is 13.2 Å². The number of unbranched alkanes of at least 4 members (excludes halogenated alkanes) is 1. The van der Waals surface area contributed by atoms with Gasteiger partial charge in [-0.25, -0.2) is 0 Å². The van der Waals surface area contributed by atoms with E-state index in [1.165, 1.54) is 12.1 Å². The molecule has 3 rings (SSSR count). The highest BCUT2D eigenvalue weighted by Gasteiger charge is 2.30. The molecule has 1 fully saturated rings. The Morgan fingerprint density at radius 2 is 1.63 bits per heavy atom. The Bertz CT molecular complexity index is 847. The first-order chi connectivity index (χ1) is 14.2. The lowest BCUT2D eigenvalue weighted by Gasteiger charge is -2.34. The summed E-state index contributed by atoms with van der Waals surface area (Å²) in [7, 11) is 0. The van der Waals surface area contributed by atoms with Gasteiger partial charge in [0.2, 0.25) is 0 Å². The maximum absolute atomic E-state index is 12.8. The van der Waals surface area contributed by atoms with E-state index in [0.29, 0.717) is 42.7 Å². The Morgan fingerprint density at radius 1 is 1.00 bits per heavy atom. The fraction of sp³-hybridized carbons (Fsp3) is 0.458. The van der Waals surface area contributed by atoms with Crippen molar-refractivity contribution in [2.75, 3.05) is 13.2 Å². The molecule has 0 saturated carbocycles. The van der Waals surface area contributed by atoms with E-state index in [-0.39, 0.29) is 17.5 Å². The average Bonchev–Trinajstić information content (AvgIpc) is 2.71. The quantitative estimate of drug-likeness (QED) is 0.378. The van der Waals surface area contributed by atoms with Crippen LogP contribution >= 0.6 is 0 Å². The number of benzene rings is 2. The number of hydrogen-bond acceptors (Lipinski definition) is 3. The molecule has 6 heteroatoms. The van der Waals surface area contributed by atoms with E-state index in [2.05, 4.69) is 13.8 Å². The van der Waals surface area contributed by atoms with Crippen molar-refractivity contribution in [2.45, 2.75) is 52.0 Å². The predicted molar refractivity (Wildman–Crippen MR) is 109 cm³/mol. The summed E-state index contributed by atoms with van der Waals surface area (Å²) in [5, 5.41) is 0. The minimum atomic E-state index is -4.38. The molecule has 1 saturated heterocycles. The first kappa shape index (κ1) is 22.5. The summed E-state index contributed by atoms with van der Waals surface area (Å²) in [6.45, 7) is 5.51. The van der Waals surface area contributed by atoms with Gasteiger partial charge in [0.15, 0.2) is 12.1 Å². The van der Waals surface area contributed by atoms with E-state index in [1.54, 1.807) is 24.3 Å².